The van der Waals surface area contributed by atoms with Gasteiger partial charge in [-0.25, -0.2) is 9.98 Å². The molecule has 176 valence electrons. The van der Waals surface area contributed by atoms with Crippen LogP contribution < -0.4 is 20.4 Å². The van der Waals surface area contributed by atoms with E-state index in [0.717, 1.165) is 61.2 Å². The summed E-state index contributed by atoms with van der Waals surface area (Å²) in [5.41, 5.74) is 3.24. The van der Waals surface area contributed by atoms with Crippen LogP contribution >= 0.6 is 0 Å². The number of anilines is 2. The lowest BCUT2D eigenvalue weighted by Gasteiger charge is -2.21. The van der Waals surface area contributed by atoms with Crippen LogP contribution in [0.4, 0.5) is 11.5 Å². The van der Waals surface area contributed by atoms with Crippen molar-refractivity contribution in [2.75, 3.05) is 36.0 Å². The maximum Gasteiger partial charge on any atom is 0.227 e. The minimum Gasteiger partial charge on any atom is -0.357 e. The molecule has 0 saturated carbocycles. The smallest absolute Gasteiger partial charge is 0.227 e. The Hall–Kier alpha value is -3.09. The lowest BCUT2D eigenvalue weighted by molar-refractivity contribution is -0.117. The summed E-state index contributed by atoms with van der Waals surface area (Å²) in [4.78, 5) is 25.6. The average Bonchev–Trinajstić information content (AvgIpc) is 3.10. The molecule has 2 aliphatic heterocycles. The highest BCUT2D eigenvalue weighted by molar-refractivity contribution is 5.95. The van der Waals surface area contributed by atoms with Crippen molar-refractivity contribution in [3.8, 4) is 0 Å². The molecule has 0 atom stereocenters. The van der Waals surface area contributed by atoms with Gasteiger partial charge in [0.05, 0.1) is 6.54 Å². The van der Waals surface area contributed by atoms with Gasteiger partial charge in [-0.3, -0.25) is 4.79 Å². The van der Waals surface area contributed by atoms with Gasteiger partial charge in [-0.2, -0.15) is 0 Å². The largest absolute Gasteiger partial charge is 0.357 e. The number of aromatic nitrogens is 1. The van der Waals surface area contributed by atoms with Crippen LogP contribution in [-0.2, 0) is 17.9 Å². The molecule has 2 N–H and O–H groups in total. The molecular weight excluding hydrogens is 412 g/mol. The third kappa shape index (κ3) is 6.46. The fourth-order valence-electron chi connectivity index (χ4n) is 4.41. The van der Waals surface area contributed by atoms with Gasteiger partial charge in [0.15, 0.2) is 5.96 Å². The second-order valence-electron chi connectivity index (χ2n) is 8.79. The summed E-state index contributed by atoms with van der Waals surface area (Å²) in [6.07, 6.45) is 8.71. The van der Waals surface area contributed by atoms with Crippen LogP contribution in [0.25, 0.3) is 0 Å². The van der Waals surface area contributed by atoms with Crippen molar-refractivity contribution < 1.29 is 4.79 Å². The minimum absolute atomic E-state index is 0.219. The zero-order valence-corrected chi connectivity index (χ0v) is 19.7. The number of pyridine rings is 1. The van der Waals surface area contributed by atoms with E-state index in [1.54, 1.807) is 0 Å². The van der Waals surface area contributed by atoms with Crippen LogP contribution in [0, 0.1) is 0 Å². The van der Waals surface area contributed by atoms with Crippen molar-refractivity contribution in [2.24, 2.45) is 4.99 Å². The summed E-state index contributed by atoms with van der Waals surface area (Å²) in [6, 6.07) is 12.5. The second-order valence-corrected chi connectivity index (χ2v) is 8.79. The van der Waals surface area contributed by atoms with Crippen LogP contribution in [0.15, 0.2) is 47.6 Å². The Morgan fingerprint density at radius 3 is 2.33 bits per heavy atom. The van der Waals surface area contributed by atoms with Crippen molar-refractivity contribution in [1.29, 1.82) is 0 Å². The third-order valence-corrected chi connectivity index (χ3v) is 6.28. The standard InChI is InChI=1S/C26H36N6O/c1-2-27-26(29-18-21-9-12-23(13-10-21)32-17-7-8-25(32)33)30-20-22-11-14-24(28-19-22)31-15-5-3-4-6-16-31/h9-14,19H,2-8,15-18,20H2,1H3,(H2,27,29,30). The van der Waals surface area contributed by atoms with Crippen molar-refractivity contribution >= 4 is 23.4 Å². The van der Waals surface area contributed by atoms with Crippen molar-refractivity contribution in [1.82, 2.24) is 15.6 Å². The molecule has 7 heteroatoms. The van der Waals surface area contributed by atoms with Crippen molar-refractivity contribution in [3.63, 3.8) is 0 Å². The predicted octanol–water partition coefficient (Wildman–Crippen LogP) is 3.84. The molecule has 7 nitrogen and oxygen atoms in total. The molecule has 3 heterocycles. The Kier molecular flexibility index (Phi) is 8.17. The molecule has 2 aliphatic rings. The van der Waals surface area contributed by atoms with Gasteiger partial charge >= 0.3 is 0 Å². The SMILES string of the molecule is CCNC(=NCc1ccc(N2CCCCCC2)nc1)NCc1ccc(N2CCCC2=O)cc1. The van der Waals surface area contributed by atoms with Crippen LogP contribution in [0.3, 0.4) is 0 Å². The Morgan fingerprint density at radius 1 is 0.939 bits per heavy atom. The molecule has 0 spiro atoms. The second kappa shape index (κ2) is 11.7. The van der Waals surface area contributed by atoms with Gasteiger partial charge in [-0.05, 0) is 55.5 Å². The third-order valence-electron chi connectivity index (χ3n) is 6.28. The van der Waals surface area contributed by atoms with E-state index in [4.69, 9.17) is 9.98 Å². The number of nitrogens with one attached hydrogen (secondary N) is 2. The highest BCUT2D eigenvalue weighted by Gasteiger charge is 2.21. The Bertz CT molecular complexity index is 917. The number of benzene rings is 1. The number of aliphatic imine (C=N–C) groups is 1. The highest BCUT2D eigenvalue weighted by atomic mass is 16.2. The Morgan fingerprint density at radius 2 is 1.70 bits per heavy atom. The van der Waals surface area contributed by atoms with Crippen molar-refractivity contribution in [2.45, 2.75) is 58.5 Å². The van der Waals surface area contributed by atoms with E-state index in [1.165, 1.54) is 25.7 Å². The summed E-state index contributed by atoms with van der Waals surface area (Å²) in [5, 5.41) is 6.72. The first kappa shape index (κ1) is 23.1. The maximum absolute atomic E-state index is 11.9. The molecule has 0 radical (unpaired) electrons. The van der Waals surface area contributed by atoms with Gasteiger partial charge in [0.2, 0.25) is 5.91 Å². The van der Waals surface area contributed by atoms with Crippen LogP contribution in [0.2, 0.25) is 0 Å². The molecule has 2 fully saturated rings. The number of guanidine groups is 1. The normalized spacial score (nSPS) is 17.2. The van der Waals surface area contributed by atoms with Gasteiger partial charge in [-0.15, -0.1) is 0 Å². The number of nitrogens with zero attached hydrogens (tertiary/aromatic N) is 4. The van der Waals surface area contributed by atoms with Gasteiger partial charge in [0, 0.05) is 51.0 Å². The lowest BCUT2D eigenvalue weighted by Crippen LogP contribution is -2.36. The number of carbonyl (C=O) groups excluding carboxylic acids is 1. The van der Waals surface area contributed by atoms with E-state index in [2.05, 4.69) is 46.7 Å². The number of amides is 1. The Balaban J connectivity index is 1.31. The molecule has 33 heavy (non-hydrogen) atoms. The summed E-state index contributed by atoms with van der Waals surface area (Å²) in [5.74, 6) is 2.08. The molecule has 1 amide bonds. The fourth-order valence-corrected chi connectivity index (χ4v) is 4.41. The number of hydrogen-bond donors (Lipinski definition) is 2. The first-order valence-electron chi connectivity index (χ1n) is 12.3. The number of rotatable bonds is 7. The molecular formula is C26H36N6O. The summed E-state index contributed by atoms with van der Waals surface area (Å²) in [6.45, 7) is 7.15. The van der Waals surface area contributed by atoms with Gasteiger partial charge in [0.25, 0.3) is 0 Å². The van der Waals surface area contributed by atoms with E-state index in [1.807, 2.05) is 23.2 Å². The lowest BCUT2D eigenvalue weighted by atomic mass is 10.2. The molecule has 1 aromatic carbocycles. The van der Waals surface area contributed by atoms with Crippen LogP contribution in [-0.4, -0.2) is 43.0 Å². The van der Waals surface area contributed by atoms with E-state index >= 15 is 0 Å². The molecule has 4 rings (SSSR count). The van der Waals surface area contributed by atoms with Crippen molar-refractivity contribution in [3.05, 3.63) is 53.7 Å². The van der Waals surface area contributed by atoms with E-state index in [0.29, 0.717) is 19.5 Å². The first-order chi connectivity index (χ1) is 16.2. The van der Waals surface area contributed by atoms with Gasteiger partial charge in [0.1, 0.15) is 5.82 Å². The van der Waals surface area contributed by atoms with E-state index in [-0.39, 0.29) is 5.91 Å². The predicted molar refractivity (Wildman–Crippen MR) is 135 cm³/mol. The summed E-state index contributed by atoms with van der Waals surface area (Å²) >= 11 is 0. The van der Waals surface area contributed by atoms with E-state index < -0.39 is 0 Å². The van der Waals surface area contributed by atoms with Gasteiger partial charge in [-0.1, -0.05) is 31.0 Å². The summed E-state index contributed by atoms with van der Waals surface area (Å²) < 4.78 is 0. The van der Waals surface area contributed by atoms with Gasteiger partial charge < -0.3 is 20.4 Å². The quantitative estimate of drug-likeness (QED) is 0.497. The van der Waals surface area contributed by atoms with E-state index in [9.17, 15) is 4.79 Å². The zero-order chi connectivity index (χ0) is 22.9. The summed E-state index contributed by atoms with van der Waals surface area (Å²) in [7, 11) is 0. The minimum atomic E-state index is 0.219. The highest BCUT2D eigenvalue weighted by Crippen LogP contribution is 2.21. The molecule has 2 aromatic rings. The first-order valence-corrected chi connectivity index (χ1v) is 12.3. The van der Waals surface area contributed by atoms with Crippen LogP contribution in [0.5, 0.6) is 0 Å². The zero-order valence-electron chi connectivity index (χ0n) is 19.7. The topological polar surface area (TPSA) is 72.9 Å². The number of hydrogen-bond acceptors (Lipinski definition) is 4. The molecule has 0 aliphatic carbocycles. The molecule has 1 aromatic heterocycles. The van der Waals surface area contributed by atoms with Crippen LogP contribution in [0.1, 0.15) is 56.6 Å². The fraction of sp³-hybridized carbons (Fsp3) is 0.500. The molecule has 0 unspecified atom stereocenters. The number of carbonyl (C=O) groups is 1. The Labute approximate surface area is 197 Å². The molecule has 2 saturated heterocycles. The average molecular weight is 449 g/mol. The maximum atomic E-state index is 11.9. The molecule has 0 bridgehead atoms. The monoisotopic (exact) mass is 448 g/mol.